The lowest BCUT2D eigenvalue weighted by Crippen LogP contribution is -2.33. The van der Waals surface area contributed by atoms with E-state index in [0.29, 0.717) is 12.0 Å². The second-order valence-corrected chi connectivity index (χ2v) is 4.20. The molecule has 18 heavy (non-hydrogen) atoms. The number of rotatable bonds is 4. The molecule has 2 N–H and O–H groups in total. The molecule has 5 heteroatoms. The predicted molar refractivity (Wildman–Crippen MR) is 75.0 cm³/mol. The van der Waals surface area contributed by atoms with Crippen LogP contribution >= 0.6 is 12.2 Å². The highest BCUT2D eigenvalue weighted by Crippen LogP contribution is 2.08. The number of anilines is 1. The molecule has 0 bridgehead atoms. The largest absolute Gasteiger partial charge is 0.332 e. The number of hydrogen-bond acceptors (Lipinski definition) is 3. The topological polar surface area (TPSA) is 64.9 Å². The summed E-state index contributed by atoms with van der Waals surface area (Å²) in [6, 6.07) is 8.88. The maximum Gasteiger partial charge on any atom is 0.226 e. The second-order valence-electron chi connectivity index (χ2n) is 3.80. The standard InChI is InChI=1S/C13H15N3OS/c1-2-3-4-12(17)16-13(18)15-11-7-5-10(9-14)6-8-11/h5-8H,2-4H2,1H3,(H2,15,16,17,18). The maximum absolute atomic E-state index is 11.4. The highest BCUT2D eigenvalue weighted by Gasteiger charge is 2.04. The van der Waals surface area contributed by atoms with E-state index in [0.717, 1.165) is 18.5 Å². The van der Waals surface area contributed by atoms with Gasteiger partial charge in [-0.1, -0.05) is 13.3 Å². The number of carbonyl (C=O) groups is 1. The van der Waals surface area contributed by atoms with E-state index in [2.05, 4.69) is 10.6 Å². The molecule has 0 saturated heterocycles. The third kappa shape index (κ3) is 4.93. The fraction of sp³-hybridized carbons (Fsp3) is 0.308. The van der Waals surface area contributed by atoms with Crippen molar-refractivity contribution in [3.8, 4) is 6.07 Å². The first kappa shape index (κ1) is 14.1. The minimum Gasteiger partial charge on any atom is -0.332 e. The van der Waals surface area contributed by atoms with Crippen LogP contribution in [-0.4, -0.2) is 11.0 Å². The molecule has 0 atom stereocenters. The molecule has 1 rings (SSSR count). The monoisotopic (exact) mass is 261 g/mol. The van der Waals surface area contributed by atoms with Crippen molar-refractivity contribution in [2.24, 2.45) is 0 Å². The highest BCUT2D eigenvalue weighted by atomic mass is 32.1. The van der Waals surface area contributed by atoms with Crippen LogP contribution in [0, 0.1) is 11.3 Å². The minimum absolute atomic E-state index is 0.0806. The number of hydrogen-bond donors (Lipinski definition) is 2. The molecule has 94 valence electrons. The van der Waals surface area contributed by atoms with E-state index in [4.69, 9.17) is 17.5 Å². The first-order valence-corrected chi connectivity index (χ1v) is 6.17. The fourth-order valence-electron chi connectivity index (χ4n) is 1.32. The van der Waals surface area contributed by atoms with Crippen molar-refractivity contribution in [2.45, 2.75) is 26.2 Å². The van der Waals surface area contributed by atoms with Crippen LogP contribution in [0.2, 0.25) is 0 Å². The number of unbranched alkanes of at least 4 members (excludes halogenated alkanes) is 1. The van der Waals surface area contributed by atoms with Crippen LogP contribution in [0.15, 0.2) is 24.3 Å². The lowest BCUT2D eigenvalue weighted by Gasteiger charge is -2.09. The fourth-order valence-corrected chi connectivity index (χ4v) is 1.55. The SMILES string of the molecule is CCCCC(=O)NC(=S)Nc1ccc(C#N)cc1. The van der Waals surface area contributed by atoms with Gasteiger partial charge in [0.1, 0.15) is 0 Å². The summed E-state index contributed by atoms with van der Waals surface area (Å²) in [5.74, 6) is -0.0806. The Hall–Kier alpha value is -1.93. The number of nitrogens with one attached hydrogen (secondary N) is 2. The van der Waals surface area contributed by atoms with E-state index < -0.39 is 0 Å². The van der Waals surface area contributed by atoms with Crippen LogP contribution in [0.4, 0.5) is 5.69 Å². The molecule has 0 aliphatic rings. The number of carbonyl (C=O) groups excluding carboxylic acids is 1. The van der Waals surface area contributed by atoms with Crippen LogP contribution < -0.4 is 10.6 Å². The highest BCUT2D eigenvalue weighted by molar-refractivity contribution is 7.80. The Morgan fingerprint density at radius 3 is 2.61 bits per heavy atom. The van der Waals surface area contributed by atoms with E-state index in [9.17, 15) is 4.79 Å². The van der Waals surface area contributed by atoms with Gasteiger partial charge in [0.15, 0.2) is 5.11 Å². The Morgan fingerprint density at radius 1 is 1.39 bits per heavy atom. The Morgan fingerprint density at radius 2 is 2.06 bits per heavy atom. The smallest absolute Gasteiger partial charge is 0.226 e. The lowest BCUT2D eigenvalue weighted by molar-refractivity contribution is -0.119. The molecule has 1 aromatic carbocycles. The number of thiocarbonyl (C=S) groups is 1. The van der Waals surface area contributed by atoms with Crippen molar-refractivity contribution in [1.29, 1.82) is 5.26 Å². The molecule has 4 nitrogen and oxygen atoms in total. The van der Waals surface area contributed by atoms with Crippen LogP contribution in [-0.2, 0) is 4.79 Å². The van der Waals surface area contributed by atoms with Crippen molar-refractivity contribution in [3.05, 3.63) is 29.8 Å². The maximum atomic E-state index is 11.4. The Bertz CT molecular complexity index is 462. The summed E-state index contributed by atoms with van der Waals surface area (Å²) in [5, 5.41) is 14.4. The number of nitriles is 1. The van der Waals surface area contributed by atoms with E-state index in [-0.39, 0.29) is 11.0 Å². The molecule has 0 saturated carbocycles. The third-order valence-electron chi connectivity index (χ3n) is 2.28. The zero-order valence-electron chi connectivity index (χ0n) is 10.2. The normalized spacial score (nSPS) is 9.33. The summed E-state index contributed by atoms with van der Waals surface area (Å²) < 4.78 is 0. The van der Waals surface area contributed by atoms with Gasteiger partial charge in [0.2, 0.25) is 5.91 Å². The van der Waals surface area contributed by atoms with Gasteiger partial charge in [-0.25, -0.2) is 0 Å². The van der Waals surface area contributed by atoms with Gasteiger partial charge in [-0.05, 0) is 42.9 Å². The summed E-state index contributed by atoms with van der Waals surface area (Å²) in [6.07, 6.45) is 2.31. The van der Waals surface area contributed by atoms with Gasteiger partial charge < -0.3 is 10.6 Å². The molecule has 0 unspecified atom stereocenters. The molecular formula is C13H15N3OS. The van der Waals surface area contributed by atoms with Crippen LogP contribution in [0.25, 0.3) is 0 Å². The number of benzene rings is 1. The molecular weight excluding hydrogens is 246 g/mol. The first-order chi connectivity index (χ1) is 8.65. The van der Waals surface area contributed by atoms with Crippen molar-refractivity contribution >= 4 is 28.9 Å². The minimum atomic E-state index is -0.0806. The average molecular weight is 261 g/mol. The first-order valence-electron chi connectivity index (χ1n) is 5.76. The quantitative estimate of drug-likeness (QED) is 0.818. The molecule has 0 fully saturated rings. The van der Waals surface area contributed by atoms with Crippen LogP contribution in [0.5, 0.6) is 0 Å². The Kier molecular flexibility index (Phi) is 5.81. The summed E-state index contributed by atoms with van der Waals surface area (Å²) >= 11 is 5.02. The Balaban J connectivity index is 2.44. The molecule has 1 amide bonds. The van der Waals surface area contributed by atoms with Crippen LogP contribution in [0.3, 0.4) is 0 Å². The van der Waals surface area contributed by atoms with Crippen molar-refractivity contribution in [2.75, 3.05) is 5.32 Å². The van der Waals surface area contributed by atoms with Gasteiger partial charge in [0.05, 0.1) is 11.6 Å². The number of nitrogens with zero attached hydrogens (tertiary/aromatic N) is 1. The molecule has 0 aromatic heterocycles. The molecule has 1 aromatic rings. The molecule has 0 aliphatic carbocycles. The van der Waals surface area contributed by atoms with Crippen molar-refractivity contribution in [1.82, 2.24) is 5.32 Å². The van der Waals surface area contributed by atoms with Gasteiger partial charge in [-0.2, -0.15) is 5.26 Å². The third-order valence-corrected chi connectivity index (χ3v) is 2.49. The molecule has 0 radical (unpaired) electrons. The van der Waals surface area contributed by atoms with Gasteiger partial charge in [0.25, 0.3) is 0 Å². The number of amides is 1. The molecule has 0 heterocycles. The van der Waals surface area contributed by atoms with Gasteiger partial charge in [0, 0.05) is 12.1 Å². The summed E-state index contributed by atoms with van der Waals surface area (Å²) in [5.41, 5.74) is 1.33. The van der Waals surface area contributed by atoms with Crippen molar-refractivity contribution in [3.63, 3.8) is 0 Å². The van der Waals surface area contributed by atoms with Gasteiger partial charge >= 0.3 is 0 Å². The molecule has 0 spiro atoms. The van der Waals surface area contributed by atoms with E-state index in [1.807, 2.05) is 13.0 Å². The zero-order chi connectivity index (χ0) is 13.4. The Labute approximate surface area is 112 Å². The summed E-state index contributed by atoms with van der Waals surface area (Å²) in [7, 11) is 0. The zero-order valence-corrected chi connectivity index (χ0v) is 11.0. The van der Waals surface area contributed by atoms with Gasteiger partial charge in [-0.3, -0.25) is 4.79 Å². The second kappa shape index (κ2) is 7.41. The summed E-state index contributed by atoms with van der Waals surface area (Å²) in [4.78, 5) is 11.4. The van der Waals surface area contributed by atoms with E-state index >= 15 is 0 Å². The van der Waals surface area contributed by atoms with Gasteiger partial charge in [-0.15, -0.1) is 0 Å². The van der Waals surface area contributed by atoms with E-state index in [1.54, 1.807) is 24.3 Å². The van der Waals surface area contributed by atoms with Crippen molar-refractivity contribution < 1.29 is 4.79 Å². The van der Waals surface area contributed by atoms with E-state index in [1.165, 1.54) is 0 Å². The van der Waals surface area contributed by atoms with Crippen LogP contribution in [0.1, 0.15) is 31.7 Å². The average Bonchev–Trinajstić information content (AvgIpc) is 2.37. The summed E-state index contributed by atoms with van der Waals surface area (Å²) in [6.45, 7) is 2.03. The lowest BCUT2D eigenvalue weighted by atomic mass is 10.2. The molecule has 0 aliphatic heterocycles. The predicted octanol–water partition coefficient (Wildman–Crippen LogP) is 2.56.